The molecular weight excluding hydrogens is 224 g/mol. The highest BCUT2D eigenvalue weighted by atomic mass is 32.1. The molecule has 3 heteroatoms. The highest BCUT2D eigenvalue weighted by molar-refractivity contribution is 7.12. The van der Waals surface area contributed by atoms with Crippen molar-refractivity contribution in [1.29, 1.82) is 0 Å². The summed E-state index contributed by atoms with van der Waals surface area (Å²) in [5.74, 6) is 1.09. The fourth-order valence-electron chi connectivity index (χ4n) is 1.90. The maximum atomic E-state index is 12.0. The third-order valence-electron chi connectivity index (χ3n) is 2.80. The molecule has 0 spiro atoms. The molecule has 2 aromatic rings. The first-order valence-corrected chi connectivity index (χ1v) is 6.73. The summed E-state index contributed by atoms with van der Waals surface area (Å²) in [6.07, 6.45) is 1.04. The van der Waals surface area contributed by atoms with E-state index in [0.29, 0.717) is 11.7 Å². The standard InChI is InChI=1S/C12H10OS2/c13-12(11-4-2-6-15-11)9-7-8(9)10-3-1-5-14-10/h1-6,8-9H,7H2. The quantitative estimate of drug-likeness (QED) is 0.738. The summed E-state index contributed by atoms with van der Waals surface area (Å²) >= 11 is 3.32. The normalized spacial score (nSPS) is 24.0. The maximum Gasteiger partial charge on any atom is 0.176 e. The van der Waals surface area contributed by atoms with Crippen LogP contribution in [0.2, 0.25) is 0 Å². The van der Waals surface area contributed by atoms with Crippen molar-refractivity contribution >= 4 is 28.5 Å². The number of Topliss-reactive ketones (excluding diaryl/α,β-unsaturated/α-hetero) is 1. The lowest BCUT2D eigenvalue weighted by molar-refractivity contribution is 0.0969. The molecule has 1 aliphatic carbocycles. The molecule has 15 heavy (non-hydrogen) atoms. The fourth-order valence-corrected chi connectivity index (χ4v) is 3.54. The van der Waals surface area contributed by atoms with Gasteiger partial charge in [0.2, 0.25) is 0 Å². The van der Waals surface area contributed by atoms with Crippen LogP contribution in [-0.4, -0.2) is 5.78 Å². The van der Waals surface area contributed by atoms with Crippen molar-refractivity contribution in [3.8, 4) is 0 Å². The first-order valence-electron chi connectivity index (χ1n) is 4.97. The highest BCUT2D eigenvalue weighted by Crippen LogP contribution is 2.50. The molecular formula is C12H10OS2. The van der Waals surface area contributed by atoms with E-state index in [9.17, 15) is 4.79 Å². The summed E-state index contributed by atoms with van der Waals surface area (Å²) in [5, 5.41) is 4.05. The van der Waals surface area contributed by atoms with Gasteiger partial charge in [-0.25, -0.2) is 0 Å². The van der Waals surface area contributed by atoms with E-state index in [-0.39, 0.29) is 5.92 Å². The Labute approximate surface area is 96.4 Å². The van der Waals surface area contributed by atoms with Gasteiger partial charge in [0.25, 0.3) is 0 Å². The van der Waals surface area contributed by atoms with Crippen molar-refractivity contribution in [3.05, 3.63) is 44.8 Å². The predicted octanol–water partition coefficient (Wildman–Crippen LogP) is 3.80. The monoisotopic (exact) mass is 234 g/mol. The average molecular weight is 234 g/mol. The van der Waals surface area contributed by atoms with E-state index in [4.69, 9.17) is 0 Å². The molecule has 2 unspecified atom stereocenters. The molecule has 0 aromatic carbocycles. The van der Waals surface area contributed by atoms with E-state index in [1.54, 1.807) is 22.7 Å². The third-order valence-corrected chi connectivity index (χ3v) is 4.69. The molecule has 3 rings (SSSR count). The zero-order chi connectivity index (χ0) is 10.3. The maximum absolute atomic E-state index is 12.0. The molecule has 0 radical (unpaired) electrons. The number of hydrogen-bond acceptors (Lipinski definition) is 3. The Morgan fingerprint density at radius 1 is 1.20 bits per heavy atom. The van der Waals surface area contributed by atoms with Gasteiger partial charge in [-0.3, -0.25) is 4.79 Å². The van der Waals surface area contributed by atoms with Crippen LogP contribution in [0.5, 0.6) is 0 Å². The number of rotatable bonds is 3. The van der Waals surface area contributed by atoms with Gasteiger partial charge in [-0.1, -0.05) is 12.1 Å². The lowest BCUT2D eigenvalue weighted by atomic mass is 10.2. The van der Waals surface area contributed by atoms with Gasteiger partial charge in [0.15, 0.2) is 5.78 Å². The van der Waals surface area contributed by atoms with Gasteiger partial charge >= 0.3 is 0 Å². The molecule has 0 N–H and O–H groups in total. The summed E-state index contributed by atoms with van der Waals surface area (Å²) in [4.78, 5) is 14.3. The van der Waals surface area contributed by atoms with Gasteiger partial charge < -0.3 is 0 Å². The summed E-state index contributed by atoms with van der Waals surface area (Å²) in [5.41, 5.74) is 0. The molecule has 1 fully saturated rings. The van der Waals surface area contributed by atoms with Crippen LogP contribution < -0.4 is 0 Å². The predicted molar refractivity (Wildman–Crippen MR) is 63.8 cm³/mol. The Balaban J connectivity index is 1.75. The van der Waals surface area contributed by atoms with E-state index in [2.05, 4.69) is 17.5 Å². The van der Waals surface area contributed by atoms with Crippen molar-refractivity contribution in [2.75, 3.05) is 0 Å². The number of carbonyl (C=O) groups is 1. The molecule has 76 valence electrons. The van der Waals surface area contributed by atoms with E-state index < -0.39 is 0 Å². The Bertz CT molecular complexity index is 456. The van der Waals surface area contributed by atoms with Crippen LogP contribution in [0.25, 0.3) is 0 Å². The van der Waals surface area contributed by atoms with E-state index >= 15 is 0 Å². The van der Waals surface area contributed by atoms with Gasteiger partial charge in [-0.2, -0.15) is 0 Å². The second kappa shape index (κ2) is 3.58. The van der Waals surface area contributed by atoms with Gasteiger partial charge in [0, 0.05) is 16.7 Å². The molecule has 0 saturated heterocycles. The van der Waals surface area contributed by atoms with Crippen molar-refractivity contribution in [2.24, 2.45) is 5.92 Å². The molecule has 1 nitrogen and oxygen atoms in total. The van der Waals surface area contributed by atoms with Crippen molar-refractivity contribution in [1.82, 2.24) is 0 Å². The minimum atomic E-state index is 0.252. The average Bonchev–Trinajstić information content (AvgIpc) is 2.78. The SMILES string of the molecule is O=C(c1cccs1)C1CC1c1cccs1. The molecule has 1 aliphatic rings. The van der Waals surface area contributed by atoms with Gasteiger partial charge in [-0.05, 0) is 29.3 Å². The van der Waals surface area contributed by atoms with Gasteiger partial charge in [-0.15, -0.1) is 22.7 Å². The first-order chi connectivity index (χ1) is 7.36. The molecule has 2 aromatic heterocycles. The molecule has 0 amide bonds. The molecule has 1 saturated carbocycles. The van der Waals surface area contributed by atoms with Crippen molar-refractivity contribution in [2.45, 2.75) is 12.3 Å². The lowest BCUT2D eigenvalue weighted by Gasteiger charge is -1.94. The minimum absolute atomic E-state index is 0.252. The van der Waals surface area contributed by atoms with Crippen LogP contribution in [-0.2, 0) is 0 Å². The second-order valence-electron chi connectivity index (χ2n) is 3.81. The zero-order valence-corrected chi connectivity index (χ0v) is 9.68. The number of hydrogen-bond donors (Lipinski definition) is 0. The van der Waals surface area contributed by atoms with Crippen LogP contribution in [0, 0.1) is 5.92 Å². The molecule has 2 atom stereocenters. The van der Waals surface area contributed by atoms with Crippen LogP contribution in [0.1, 0.15) is 26.9 Å². The highest BCUT2D eigenvalue weighted by Gasteiger charge is 2.44. The fraction of sp³-hybridized carbons (Fsp3) is 0.250. The number of thiophene rings is 2. The van der Waals surface area contributed by atoms with Crippen LogP contribution >= 0.6 is 22.7 Å². The van der Waals surface area contributed by atoms with E-state index in [1.165, 1.54) is 4.88 Å². The Kier molecular flexibility index (Phi) is 2.22. The minimum Gasteiger partial charge on any atom is -0.293 e. The van der Waals surface area contributed by atoms with E-state index in [1.807, 2.05) is 17.5 Å². The summed E-state index contributed by atoms with van der Waals surface area (Å²) in [6.45, 7) is 0. The van der Waals surface area contributed by atoms with Crippen molar-refractivity contribution < 1.29 is 4.79 Å². The van der Waals surface area contributed by atoms with Crippen molar-refractivity contribution in [3.63, 3.8) is 0 Å². The zero-order valence-electron chi connectivity index (χ0n) is 8.05. The number of ketones is 1. The summed E-state index contributed by atoms with van der Waals surface area (Å²) in [7, 11) is 0. The largest absolute Gasteiger partial charge is 0.293 e. The van der Waals surface area contributed by atoms with Gasteiger partial charge in [0.1, 0.15) is 0 Å². The summed E-state index contributed by atoms with van der Waals surface area (Å²) in [6, 6.07) is 8.07. The van der Waals surface area contributed by atoms with Crippen LogP contribution in [0.3, 0.4) is 0 Å². The van der Waals surface area contributed by atoms with E-state index in [0.717, 1.165) is 11.3 Å². The van der Waals surface area contributed by atoms with Gasteiger partial charge in [0.05, 0.1) is 4.88 Å². The Morgan fingerprint density at radius 2 is 2.00 bits per heavy atom. The lowest BCUT2D eigenvalue weighted by Crippen LogP contribution is -1.99. The third kappa shape index (κ3) is 1.66. The Morgan fingerprint density at radius 3 is 2.67 bits per heavy atom. The number of carbonyl (C=O) groups excluding carboxylic acids is 1. The molecule has 0 bridgehead atoms. The van der Waals surface area contributed by atoms with Crippen LogP contribution in [0.4, 0.5) is 0 Å². The second-order valence-corrected chi connectivity index (χ2v) is 5.73. The summed E-state index contributed by atoms with van der Waals surface area (Å²) < 4.78 is 0. The molecule has 0 aliphatic heterocycles. The Hall–Kier alpha value is -0.930. The smallest absolute Gasteiger partial charge is 0.176 e. The first kappa shape index (κ1) is 9.31. The topological polar surface area (TPSA) is 17.1 Å². The van der Waals surface area contributed by atoms with Crippen LogP contribution in [0.15, 0.2) is 35.0 Å². The molecule has 2 heterocycles.